The molecule has 0 heterocycles. The monoisotopic (exact) mass is 307 g/mol. The lowest BCUT2D eigenvalue weighted by Crippen LogP contribution is -2.40. The van der Waals surface area contributed by atoms with Crippen LogP contribution in [0.2, 0.25) is 0 Å². The van der Waals surface area contributed by atoms with Crippen molar-refractivity contribution < 1.29 is 13.2 Å². The molecule has 0 aromatic carbocycles. The van der Waals surface area contributed by atoms with Crippen molar-refractivity contribution in [3.8, 4) is 0 Å². The van der Waals surface area contributed by atoms with Crippen LogP contribution in [0.5, 0.6) is 0 Å². The lowest BCUT2D eigenvalue weighted by atomic mass is 9.67. The van der Waals surface area contributed by atoms with E-state index in [1.165, 1.54) is 19.3 Å². The molecule has 0 saturated heterocycles. The highest BCUT2D eigenvalue weighted by Gasteiger charge is 2.34. The molecule has 0 aliphatic heterocycles. The van der Waals surface area contributed by atoms with Crippen LogP contribution in [-0.4, -0.2) is 31.8 Å². The summed E-state index contributed by atoms with van der Waals surface area (Å²) in [6.45, 7) is 6.28. The van der Waals surface area contributed by atoms with Gasteiger partial charge in [-0.1, -0.05) is 13.3 Å². The molecule has 0 spiro atoms. The Morgan fingerprint density at radius 2 is 1.86 bits per heavy atom. The molecule has 21 heavy (non-hydrogen) atoms. The molecule has 124 valence electrons. The number of nitrogens with zero attached hydrogens (tertiary/aromatic N) is 1. The van der Waals surface area contributed by atoms with Crippen LogP contribution >= 0.6 is 0 Å². The molecule has 1 aliphatic rings. The normalized spacial score (nSPS) is 18.2. The lowest BCUT2D eigenvalue weighted by Gasteiger charge is -2.40. The van der Waals surface area contributed by atoms with E-state index in [0.717, 1.165) is 25.5 Å². The quantitative estimate of drug-likeness (QED) is 0.406. The number of nitrogens with one attached hydrogen (secondary N) is 2. The summed E-state index contributed by atoms with van der Waals surface area (Å²) in [5.74, 6) is 0.726. The van der Waals surface area contributed by atoms with Crippen LogP contribution in [0.25, 0.3) is 0 Å². The lowest BCUT2D eigenvalue weighted by molar-refractivity contribution is -0.135. The average molecular weight is 307 g/mol. The molecular weight excluding hydrogens is 279 g/mol. The van der Waals surface area contributed by atoms with E-state index in [4.69, 9.17) is 0 Å². The van der Waals surface area contributed by atoms with Crippen molar-refractivity contribution in [1.82, 2.24) is 10.6 Å². The molecule has 2 N–H and O–H groups in total. The number of halogens is 3. The summed E-state index contributed by atoms with van der Waals surface area (Å²) in [6, 6.07) is 0. The third-order valence-corrected chi connectivity index (χ3v) is 4.26. The minimum absolute atomic E-state index is 0.162. The van der Waals surface area contributed by atoms with Gasteiger partial charge >= 0.3 is 6.18 Å². The number of guanidine groups is 1. The van der Waals surface area contributed by atoms with Gasteiger partial charge in [0.15, 0.2) is 5.96 Å². The largest absolute Gasteiger partial charge is 0.389 e. The van der Waals surface area contributed by atoms with Crippen LogP contribution in [-0.2, 0) is 0 Å². The Labute approximate surface area is 125 Å². The van der Waals surface area contributed by atoms with E-state index in [-0.39, 0.29) is 6.42 Å². The number of hydrogen-bond donors (Lipinski definition) is 2. The maximum Gasteiger partial charge on any atom is 0.389 e. The Kier molecular flexibility index (Phi) is 7.32. The summed E-state index contributed by atoms with van der Waals surface area (Å²) >= 11 is 0. The van der Waals surface area contributed by atoms with Gasteiger partial charge in [-0.25, -0.2) is 0 Å². The van der Waals surface area contributed by atoms with Crippen molar-refractivity contribution in [1.29, 1.82) is 0 Å². The second-order valence-corrected chi connectivity index (χ2v) is 5.90. The SMILES string of the molecule is CCNC(=NCC1(CC)CCC1)NCCCCC(F)(F)F. The van der Waals surface area contributed by atoms with Gasteiger partial charge in [0.05, 0.1) is 0 Å². The Bertz CT molecular complexity index is 317. The standard InChI is InChI=1S/C15H28F3N3/c1-3-14(8-7-9-14)12-21-13(19-4-2)20-11-6-5-10-15(16,17)18/h3-12H2,1-2H3,(H2,19,20,21). The van der Waals surface area contributed by atoms with E-state index >= 15 is 0 Å². The third-order valence-electron chi connectivity index (χ3n) is 4.26. The molecule has 1 rings (SSSR count). The highest BCUT2D eigenvalue weighted by molar-refractivity contribution is 5.79. The first-order chi connectivity index (χ1) is 9.91. The van der Waals surface area contributed by atoms with Gasteiger partial charge in [-0.3, -0.25) is 4.99 Å². The van der Waals surface area contributed by atoms with E-state index in [2.05, 4.69) is 22.5 Å². The maximum atomic E-state index is 12.0. The van der Waals surface area contributed by atoms with Crippen LogP contribution in [0.4, 0.5) is 13.2 Å². The Morgan fingerprint density at radius 1 is 1.14 bits per heavy atom. The van der Waals surface area contributed by atoms with Crippen LogP contribution in [0.15, 0.2) is 4.99 Å². The molecule has 0 unspecified atom stereocenters. The zero-order valence-electron chi connectivity index (χ0n) is 13.2. The molecule has 1 saturated carbocycles. The highest BCUT2D eigenvalue weighted by Crippen LogP contribution is 2.43. The molecule has 0 aromatic rings. The van der Waals surface area contributed by atoms with E-state index in [0.29, 0.717) is 18.4 Å². The molecule has 0 bridgehead atoms. The summed E-state index contributed by atoms with van der Waals surface area (Å²) in [5.41, 5.74) is 0.360. The van der Waals surface area contributed by atoms with Crippen molar-refractivity contribution in [2.24, 2.45) is 10.4 Å². The van der Waals surface area contributed by atoms with Gasteiger partial charge in [-0.05, 0) is 44.4 Å². The van der Waals surface area contributed by atoms with Gasteiger partial charge in [-0.15, -0.1) is 0 Å². The van der Waals surface area contributed by atoms with Crippen molar-refractivity contribution in [3.05, 3.63) is 0 Å². The minimum Gasteiger partial charge on any atom is -0.357 e. The second kappa shape index (κ2) is 8.49. The number of rotatable bonds is 8. The van der Waals surface area contributed by atoms with Gasteiger partial charge in [-0.2, -0.15) is 13.2 Å². The maximum absolute atomic E-state index is 12.0. The molecule has 0 atom stereocenters. The summed E-state index contributed by atoms with van der Waals surface area (Å²) in [7, 11) is 0. The van der Waals surface area contributed by atoms with Crippen molar-refractivity contribution in [2.45, 2.75) is 65.0 Å². The third kappa shape index (κ3) is 7.05. The summed E-state index contributed by atoms with van der Waals surface area (Å²) in [4.78, 5) is 4.60. The number of unbranched alkanes of at least 4 members (excludes halogenated alkanes) is 1. The highest BCUT2D eigenvalue weighted by atomic mass is 19.4. The second-order valence-electron chi connectivity index (χ2n) is 5.90. The van der Waals surface area contributed by atoms with Crippen LogP contribution in [0.3, 0.4) is 0 Å². The van der Waals surface area contributed by atoms with Gasteiger partial charge in [0, 0.05) is 26.1 Å². The molecule has 0 aromatic heterocycles. The zero-order chi connectivity index (χ0) is 15.8. The fourth-order valence-electron chi connectivity index (χ4n) is 2.55. The predicted octanol–water partition coefficient (Wildman–Crippen LogP) is 3.85. The molecule has 6 heteroatoms. The molecule has 1 fully saturated rings. The number of alkyl halides is 3. The predicted molar refractivity (Wildman–Crippen MR) is 80.5 cm³/mol. The van der Waals surface area contributed by atoms with E-state index < -0.39 is 12.6 Å². The topological polar surface area (TPSA) is 36.4 Å². The molecule has 3 nitrogen and oxygen atoms in total. The van der Waals surface area contributed by atoms with Crippen molar-refractivity contribution in [3.63, 3.8) is 0 Å². The first-order valence-electron chi connectivity index (χ1n) is 8.00. The van der Waals surface area contributed by atoms with Gasteiger partial charge in [0.2, 0.25) is 0 Å². The van der Waals surface area contributed by atoms with E-state index in [1.807, 2.05) is 6.92 Å². The molecule has 0 radical (unpaired) electrons. The van der Waals surface area contributed by atoms with Crippen LogP contribution in [0.1, 0.15) is 58.8 Å². The minimum atomic E-state index is -4.05. The fourth-order valence-corrected chi connectivity index (χ4v) is 2.55. The number of aliphatic imine (C=N–C) groups is 1. The Balaban J connectivity index is 2.29. The van der Waals surface area contributed by atoms with E-state index in [9.17, 15) is 13.2 Å². The van der Waals surface area contributed by atoms with E-state index in [1.54, 1.807) is 0 Å². The average Bonchev–Trinajstić information content (AvgIpc) is 2.36. The summed E-state index contributed by atoms with van der Waals surface area (Å²) < 4.78 is 36.1. The first kappa shape index (κ1) is 18.1. The molecule has 1 aliphatic carbocycles. The smallest absolute Gasteiger partial charge is 0.357 e. The van der Waals surface area contributed by atoms with Crippen molar-refractivity contribution >= 4 is 5.96 Å². The first-order valence-corrected chi connectivity index (χ1v) is 8.00. The number of hydrogen-bond acceptors (Lipinski definition) is 1. The molecule has 0 amide bonds. The summed E-state index contributed by atoms with van der Waals surface area (Å²) in [5, 5.41) is 6.27. The Hall–Kier alpha value is -0.940. The summed E-state index contributed by atoms with van der Waals surface area (Å²) in [6.07, 6.45) is 0.803. The van der Waals surface area contributed by atoms with Gasteiger partial charge in [0.1, 0.15) is 0 Å². The zero-order valence-corrected chi connectivity index (χ0v) is 13.2. The molecular formula is C15H28F3N3. The van der Waals surface area contributed by atoms with Crippen LogP contribution in [0, 0.1) is 5.41 Å². The Morgan fingerprint density at radius 3 is 2.33 bits per heavy atom. The van der Waals surface area contributed by atoms with Gasteiger partial charge in [0.25, 0.3) is 0 Å². The fraction of sp³-hybridized carbons (Fsp3) is 0.933. The van der Waals surface area contributed by atoms with Crippen LogP contribution < -0.4 is 10.6 Å². The van der Waals surface area contributed by atoms with Crippen molar-refractivity contribution in [2.75, 3.05) is 19.6 Å². The van der Waals surface area contributed by atoms with Gasteiger partial charge < -0.3 is 10.6 Å².